The van der Waals surface area contributed by atoms with E-state index in [-0.39, 0.29) is 11.6 Å². The molecule has 3 aromatic rings. The van der Waals surface area contributed by atoms with Gasteiger partial charge < -0.3 is 19.6 Å². The summed E-state index contributed by atoms with van der Waals surface area (Å²) in [6, 6.07) is 11.2. The molecule has 0 radical (unpaired) electrons. The first-order valence-electron chi connectivity index (χ1n) is 8.48. The lowest BCUT2D eigenvalue weighted by Crippen LogP contribution is -2.25. The summed E-state index contributed by atoms with van der Waals surface area (Å²) >= 11 is 0. The fourth-order valence-corrected chi connectivity index (χ4v) is 2.61. The van der Waals surface area contributed by atoms with Crippen LogP contribution in [0.4, 0.5) is 10.5 Å². The number of azo groups is 1. The Labute approximate surface area is 165 Å². The first-order valence-corrected chi connectivity index (χ1v) is 8.48. The predicted molar refractivity (Wildman–Crippen MR) is 107 cm³/mol. The van der Waals surface area contributed by atoms with Crippen LogP contribution in [0.2, 0.25) is 0 Å². The number of benzene rings is 2. The number of urea groups is 1. The summed E-state index contributed by atoms with van der Waals surface area (Å²) in [5, 5.41) is 19.7. The van der Waals surface area contributed by atoms with Gasteiger partial charge in [-0.25, -0.2) is 4.79 Å². The number of rotatable bonds is 5. The molecule has 0 fully saturated rings. The minimum Gasteiger partial charge on any atom is -0.493 e. The molecule has 29 heavy (non-hydrogen) atoms. The third-order valence-electron chi connectivity index (χ3n) is 3.97. The van der Waals surface area contributed by atoms with Crippen LogP contribution >= 0.6 is 0 Å². The molecule has 0 aliphatic heterocycles. The van der Waals surface area contributed by atoms with Gasteiger partial charge in [0.2, 0.25) is 5.88 Å². The van der Waals surface area contributed by atoms with Crippen LogP contribution in [0, 0.1) is 0 Å². The Morgan fingerprint density at radius 3 is 2.62 bits per heavy atom. The first-order chi connectivity index (χ1) is 14.0. The summed E-state index contributed by atoms with van der Waals surface area (Å²) in [6.45, 7) is 0. The topological polar surface area (TPSA) is 125 Å². The summed E-state index contributed by atoms with van der Waals surface area (Å²) in [7, 11) is 3.03. The number of fused-ring (bicyclic) bond motifs is 1. The van der Waals surface area contributed by atoms with Crippen molar-refractivity contribution in [3.8, 4) is 17.4 Å². The van der Waals surface area contributed by atoms with Gasteiger partial charge in [-0.05, 0) is 29.8 Å². The summed E-state index contributed by atoms with van der Waals surface area (Å²) in [4.78, 5) is 26.5. The smallest absolute Gasteiger partial charge is 0.366 e. The molecule has 148 valence electrons. The molecule has 0 atom stereocenters. The van der Waals surface area contributed by atoms with Crippen molar-refractivity contribution in [2.24, 2.45) is 10.2 Å². The maximum atomic E-state index is 11.9. The number of hydrogen-bond donors (Lipinski definition) is 3. The SMILES string of the molecule is COc1ccc(/C=C/C(=O)NC(=O)N=Nc2c(O)[nH]c3ccccc23)cc1OC. The maximum absolute atomic E-state index is 11.9. The largest absolute Gasteiger partial charge is 0.493 e. The molecule has 0 saturated carbocycles. The zero-order valence-corrected chi connectivity index (χ0v) is 15.7. The number of methoxy groups -OCH3 is 2. The molecule has 2 aromatic carbocycles. The first kappa shape index (κ1) is 19.6. The van der Waals surface area contributed by atoms with E-state index in [2.05, 4.69) is 20.5 Å². The number of nitrogens with zero attached hydrogens (tertiary/aromatic N) is 2. The van der Waals surface area contributed by atoms with Crippen LogP contribution in [0.1, 0.15) is 5.56 Å². The van der Waals surface area contributed by atoms with Gasteiger partial charge in [-0.2, -0.15) is 0 Å². The minimum atomic E-state index is -0.961. The van der Waals surface area contributed by atoms with E-state index in [4.69, 9.17) is 9.47 Å². The Bertz CT molecular complexity index is 1120. The molecule has 0 spiro atoms. The highest BCUT2D eigenvalue weighted by Crippen LogP contribution is 2.35. The van der Waals surface area contributed by atoms with Crippen molar-refractivity contribution in [2.75, 3.05) is 14.2 Å². The number of carbonyl (C=O) groups is 2. The molecule has 0 unspecified atom stereocenters. The molecule has 9 heteroatoms. The molecule has 0 aliphatic rings. The van der Waals surface area contributed by atoms with Gasteiger partial charge >= 0.3 is 6.03 Å². The summed E-state index contributed by atoms with van der Waals surface area (Å²) in [5.74, 6) is 0.179. The van der Waals surface area contributed by atoms with Gasteiger partial charge in [-0.3, -0.25) is 10.1 Å². The molecule has 0 aliphatic carbocycles. The second-order valence-corrected chi connectivity index (χ2v) is 5.81. The summed E-state index contributed by atoms with van der Waals surface area (Å²) in [5.41, 5.74) is 1.44. The zero-order valence-electron chi connectivity index (χ0n) is 15.7. The van der Waals surface area contributed by atoms with Crippen molar-refractivity contribution in [3.05, 3.63) is 54.1 Å². The van der Waals surface area contributed by atoms with Gasteiger partial charge in [0.15, 0.2) is 17.2 Å². The quantitative estimate of drug-likeness (QED) is 0.447. The molecular weight excluding hydrogens is 376 g/mol. The number of imide groups is 1. The van der Waals surface area contributed by atoms with E-state index < -0.39 is 11.9 Å². The number of ether oxygens (including phenoxy) is 2. The Hall–Kier alpha value is -4.14. The van der Waals surface area contributed by atoms with E-state index in [0.29, 0.717) is 28.0 Å². The van der Waals surface area contributed by atoms with E-state index >= 15 is 0 Å². The van der Waals surface area contributed by atoms with Crippen LogP contribution in [-0.2, 0) is 4.79 Å². The minimum absolute atomic E-state index is 0.115. The monoisotopic (exact) mass is 394 g/mol. The molecule has 0 bridgehead atoms. The van der Waals surface area contributed by atoms with Crippen LogP contribution in [0.25, 0.3) is 17.0 Å². The van der Waals surface area contributed by atoms with Gasteiger partial charge in [0.05, 0.1) is 19.7 Å². The van der Waals surface area contributed by atoms with Crippen LogP contribution in [0.3, 0.4) is 0 Å². The Balaban J connectivity index is 1.64. The van der Waals surface area contributed by atoms with E-state index in [0.717, 1.165) is 0 Å². The molecule has 1 aromatic heterocycles. The van der Waals surface area contributed by atoms with E-state index in [1.165, 1.54) is 26.4 Å². The highest BCUT2D eigenvalue weighted by Gasteiger charge is 2.11. The highest BCUT2D eigenvalue weighted by molar-refractivity contribution is 6.02. The van der Waals surface area contributed by atoms with E-state index in [1.807, 2.05) is 0 Å². The molecule has 9 nitrogen and oxygen atoms in total. The number of aromatic amines is 1. The Kier molecular flexibility index (Phi) is 5.88. The molecule has 1 heterocycles. The van der Waals surface area contributed by atoms with Crippen molar-refractivity contribution in [2.45, 2.75) is 0 Å². The number of para-hydroxylation sites is 1. The summed E-state index contributed by atoms with van der Waals surface area (Å²) < 4.78 is 10.3. The maximum Gasteiger partial charge on any atom is 0.366 e. The second-order valence-electron chi connectivity index (χ2n) is 5.81. The molecule has 0 saturated heterocycles. The standard InChI is InChI=1S/C20H18N4O5/c1-28-15-9-7-12(11-16(15)29-2)8-10-17(25)22-20(27)24-23-18-13-5-3-4-6-14(13)21-19(18)26/h3-11,21,26H,1-2H3,(H,22,25,27)/b10-8+,24-23?. The second kappa shape index (κ2) is 8.70. The highest BCUT2D eigenvalue weighted by atomic mass is 16.5. The number of amides is 3. The third-order valence-corrected chi connectivity index (χ3v) is 3.97. The van der Waals surface area contributed by atoms with Crippen molar-refractivity contribution in [1.29, 1.82) is 0 Å². The number of aromatic nitrogens is 1. The number of nitrogens with one attached hydrogen (secondary N) is 2. The lowest BCUT2D eigenvalue weighted by Gasteiger charge is -2.07. The average Bonchev–Trinajstić information content (AvgIpc) is 3.05. The fourth-order valence-electron chi connectivity index (χ4n) is 2.61. The van der Waals surface area contributed by atoms with Crippen LogP contribution in [0.15, 0.2) is 58.8 Å². The third kappa shape index (κ3) is 4.59. The van der Waals surface area contributed by atoms with E-state index in [9.17, 15) is 14.7 Å². The lowest BCUT2D eigenvalue weighted by molar-refractivity contribution is -0.115. The molecular formula is C20H18N4O5. The van der Waals surface area contributed by atoms with Crippen LogP contribution in [-0.4, -0.2) is 36.2 Å². The van der Waals surface area contributed by atoms with Gasteiger partial charge in [-0.15, -0.1) is 5.11 Å². The van der Waals surface area contributed by atoms with Gasteiger partial charge in [0.1, 0.15) is 0 Å². The van der Waals surface area contributed by atoms with Crippen molar-refractivity contribution < 1.29 is 24.2 Å². The lowest BCUT2D eigenvalue weighted by atomic mass is 10.2. The predicted octanol–water partition coefficient (Wildman–Crippen LogP) is 3.92. The van der Waals surface area contributed by atoms with Crippen LogP contribution < -0.4 is 14.8 Å². The normalized spacial score (nSPS) is 11.2. The van der Waals surface area contributed by atoms with Crippen molar-refractivity contribution in [1.82, 2.24) is 10.3 Å². The number of H-pyrrole nitrogens is 1. The van der Waals surface area contributed by atoms with Crippen molar-refractivity contribution >= 4 is 34.6 Å². The van der Waals surface area contributed by atoms with Gasteiger partial charge in [0, 0.05) is 11.5 Å². The van der Waals surface area contributed by atoms with Crippen LogP contribution in [0.5, 0.6) is 17.4 Å². The Morgan fingerprint density at radius 1 is 1.10 bits per heavy atom. The number of carbonyl (C=O) groups excluding carboxylic acids is 2. The van der Waals surface area contributed by atoms with Gasteiger partial charge in [-0.1, -0.05) is 29.4 Å². The zero-order chi connectivity index (χ0) is 20.8. The Morgan fingerprint density at radius 2 is 1.86 bits per heavy atom. The van der Waals surface area contributed by atoms with Gasteiger partial charge in [0.25, 0.3) is 5.91 Å². The number of hydrogen-bond acceptors (Lipinski definition) is 6. The van der Waals surface area contributed by atoms with Crippen molar-refractivity contribution in [3.63, 3.8) is 0 Å². The number of aromatic hydroxyl groups is 1. The molecule has 3 amide bonds. The van der Waals surface area contributed by atoms with E-state index in [1.54, 1.807) is 42.5 Å². The summed E-state index contributed by atoms with van der Waals surface area (Å²) in [6.07, 6.45) is 2.69. The fraction of sp³-hybridized carbons (Fsp3) is 0.100. The average molecular weight is 394 g/mol. The molecule has 3 rings (SSSR count). The molecule has 3 N–H and O–H groups in total.